The largest absolute Gasteiger partial charge is 0.497 e. The Kier molecular flexibility index (Phi) is 5.97. The second-order valence-corrected chi connectivity index (χ2v) is 7.56. The van der Waals surface area contributed by atoms with Gasteiger partial charge in [-0.25, -0.2) is 4.98 Å². The predicted molar refractivity (Wildman–Crippen MR) is 117 cm³/mol. The minimum absolute atomic E-state index is 0.0841. The molecular weight excluding hydrogens is 396 g/mol. The third kappa shape index (κ3) is 5.09. The summed E-state index contributed by atoms with van der Waals surface area (Å²) in [5.41, 5.74) is 1.67. The quantitative estimate of drug-likeness (QED) is 0.582. The number of methoxy groups -OCH3 is 1. The molecule has 2 aromatic carbocycles. The number of carbonyl (C=O) groups is 2. The van der Waals surface area contributed by atoms with Crippen molar-refractivity contribution in [2.24, 2.45) is 0 Å². The maximum Gasteiger partial charge on any atom is 0.273 e. The van der Waals surface area contributed by atoms with E-state index in [-0.39, 0.29) is 48.5 Å². The van der Waals surface area contributed by atoms with Crippen molar-refractivity contribution >= 4 is 28.5 Å². The molecule has 0 radical (unpaired) electrons. The fourth-order valence-electron chi connectivity index (χ4n) is 3.37. The van der Waals surface area contributed by atoms with E-state index in [0.717, 1.165) is 12.8 Å². The maximum atomic E-state index is 13.1. The Balaban J connectivity index is 1.56. The molecule has 1 aliphatic rings. The van der Waals surface area contributed by atoms with E-state index in [2.05, 4.69) is 15.6 Å². The van der Waals surface area contributed by atoms with E-state index in [1.165, 1.54) is 4.57 Å². The first-order valence-electron chi connectivity index (χ1n) is 10.2. The maximum absolute atomic E-state index is 13.1. The van der Waals surface area contributed by atoms with E-state index in [1.807, 2.05) is 6.07 Å². The minimum atomic E-state index is -0.362. The second kappa shape index (κ2) is 8.99. The molecule has 1 aliphatic carbocycles. The van der Waals surface area contributed by atoms with Gasteiger partial charge in [-0.15, -0.1) is 0 Å². The van der Waals surface area contributed by atoms with Gasteiger partial charge >= 0.3 is 0 Å². The lowest BCUT2D eigenvalue weighted by Gasteiger charge is -2.13. The first-order valence-corrected chi connectivity index (χ1v) is 10.2. The number of anilines is 1. The van der Waals surface area contributed by atoms with Crippen molar-refractivity contribution in [3.05, 3.63) is 64.6 Å². The molecular formula is C23H24N4O4. The van der Waals surface area contributed by atoms with Crippen molar-refractivity contribution in [3.63, 3.8) is 0 Å². The van der Waals surface area contributed by atoms with Crippen LogP contribution in [0.25, 0.3) is 11.0 Å². The van der Waals surface area contributed by atoms with Gasteiger partial charge in [-0.2, -0.15) is 0 Å². The molecule has 3 aromatic rings. The molecule has 0 unspecified atom stereocenters. The number of carbonyl (C=O) groups excluding carboxylic acids is 2. The summed E-state index contributed by atoms with van der Waals surface area (Å²) in [5.74, 6) is 0.194. The highest BCUT2D eigenvalue weighted by Gasteiger charge is 2.23. The van der Waals surface area contributed by atoms with Gasteiger partial charge in [0.15, 0.2) is 0 Å². The van der Waals surface area contributed by atoms with Crippen molar-refractivity contribution in [2.45, 2.75) is 38.3 Å². The third-order valence-electron chi connectivity index (χ3n) is 5.11. The monoisotopic (exact) mass is 420 g/mol. The molecule has 0 saturated heterocycles. The van der Waals surface area contributed by atoms with E-state index < -0.39 is 0 Å². The Morgan fingerprint density at radius 2 is 1.94 bits per heavy atom. The minimum Gasteiger partial charge on any atom is -0.497 e. The number of nitrogens with one attached hydrogen (secondary N) is 2. The lowest BCUT2D eigenvalue weighted by molar-refractivity contribution is -0.121. The van der Waals surface area contributed by atoms with Gasteiger partial charge in [-0.1, -0.05) is 18.2 Å². The van der Waals surface area contributed by atoms with Crippen LogP contribution in [-0.4, -0.2) is 34.5 Å². The van der Waals surface area contributed by atoms with Gasteiger partial charge in [0.2, 0.25) is 11.8 Å². The molecule has 1 heterocycles. The number of aryl methyl sites for hydroxylation is 1. The number of fused-ring (bicyclic) bond motifs is 1. The Labute approximate surface area is 179 Å². The first kappa shape index (κ1) is 20.6. The fourth-order valence-corrected chi connectivity index (χ4v) is 3.37. The topological polar surface area (TPSA) is 102 Å². The van der Waals surface area contributed by atoms with E-state index >= 15 is 0 Å². The predicted octanol–water partition coefficient (Wildman–Crippen LogP) is 2.25. The Morgan fingerprint density at radius 1 is 1.13 bits per heavy atom. The van der Waals surface area contributed by atoms with E-state index in [1.54, 1.807) is 49.6 Å². The molecule has 0 bridgehead atoms. The number of benzene rings is 2. The number of hydrogen-bond donors (Lipinski definition) is 2. The summed E-state index contributed by atoms with van der Waals surface area (Å²) in [5, 5.41) is 5.71. The van der Waals surface area contributed by atoms with Crippen molar-refractivity contribution in [2.75, 3.05) is 12.4 Å². The zero-order valence-corrected chi connectivity index (χ0v) is 17.3. The molecule has 4 rings (SSSR count). The Morgan fingerprint density at radius 3 is 2.71 bits per heavy atom. The molecule has 0 spiro atoms. The number of nitrogens with zero attached hydrogens (tertiary/aromatic N) is 2. The SMILES string of the molecule is COc1cccc(NC(=O)Cn2c(=O)c(CCC(=O)NC3CC3)nc3ccccc32)c1. The van der Waals surface area contributed by atoms with E-state index in [9.17, 15) is 14.4 Å². The number of para-hydroxylation sites is 2. The molecule has 2 N–H and O–H groups in total. The average molecular weight is 420 g/mol. The van der Waals surface area contributed by atoms with Crippen LogP contribution in [0.2, 0.25) is 0 Å². The number of hydrogen-bond acceptors (Lipinski definition) is 5. The Hall–Kier alpha value is -3.68. The average Bonchev–Trinajstić information content (AvgIpc) is 3.58. The highest BCUT2D eigenvalue weighted by Crippen LogP contribution is 2.19. The number of aromatic nitrogens is 2. The Bertz CT molecular complexity index is 1180. The summed E-state index contributed by atoms with van der Waals surface area (Å²) < 4.78 is 6.58. The van der Waals surface area contributed by atoms with Crippen LogP contribution in [-0.2, 0) is 22.6 Å². The summed E-state index contributed by atoms with van der Waals surface area (Å²) in [7, 11) is 1.55. The summed E-state index contributed by atoms with van der Waals surface area (Å²) in [4.78, 5) is 42.3. The van der Waals surface area contributed by atoms with Gasteiger partial charge < -0.3 is 15.4 Å². The first-order chi connectivity index (χ1) is 15.0. The zero-order chi connectivity index (χ0) is 21.8. The van der Waals surface area contributed by atoms with Crippen molar-refractivity contribution < 1.29 is 14.3 Å². The summed E-state index contributed by atoms with van der Waals surface area (Å²) in [6.07, 6.45) is 2.43. The number of rotatable bonds is 8. The van der Waals surface area contributed by atoms with Gasteiger partial charge in [-0.05, 0) is 37.1 Å². The highest BCUT2D eigenvalue weighted by atomic mass is 16.5. The molecule has 8 nitrogen and oxygen atoms in total. The number of amides is 2. The van der Waals surface area contributed by atoms with Crippen LogP contribution in [0.3, 0.4) is 0 Å². The summed E-state index contributed by atoms with van der Waals surface area (Å²) >= 11 is 0. The molecule has 0 atom stereocenters. The van der Waals surface area contributed by atoms with Crippen molar-refractivity contribution in [1.82, 2.24) is 14.9 Å². The van der Waals surface area contributed by atoms with Crippen molar-refractivity contribution in [3.8, 4) is 5.75 Å². The van der Waals surface area contributed by atoms with Gasteiger partial charge in [0.25, 0.3) is 5.56 Å². The van der Waals surface area contributed by atoms with Gasteiger partial charge in [0.05, 0.1) is 18.1 Å². The van der Waals surface area contributed by atoms with Crippen LogP contribution in [0.1, 0.15) is 25.0 Å². The molecule has 8 heteroatoms. The van der Waals surface area contributed by atoms with Crippen LogP contribution in [0.15, 0.2) is 53.3 Å². The fraction of sp³-hybridized carbons (Fsp3) is 0.304. The molecule has 160 valence electrons. The van der Waals surface area contributed by atoms with Crippen LogP contribution in [0.5, 0.6) is 5.75 Å². The van der Waals surface area contributed by atoms with Crippen LogP contribution < -0.4 is 20.9 Å². The second-order valence-electron chi connectivity index (χ2n) is 7.56. The van der Waals surface area contributed by atoms with Gasteiger partial charge in [0.1, 0.15) is 18.0 Å². The number of ether oxygens (including phenoxy) is 1. The highest BCUT2D eigenvalue weighted by molar-refractivity contribution is 5.91. The molecule has 1 aromatic heterocycles. The molecule has 1 saturated carbocycles. The van der Waals surface area contributed by atoms with Crippen LogP contribution >= 0.6 is 0 Å². The van der Waals surface area contributed by atoms with E-state index in [4.69, 9.17) is 4.74 Å². The zero-order valence-electron chi connectivity index (χ0n) is 17.3. The van der Waals surface area contributed by atoms with Gasteiger partial charge in [-0.3, -0.25) is 19.0 Å². The van der Waals surface area contributed by atoms with Gasteiger partial charge in [0, 0.05) is 30.6 Å². The smallest absolute Gasteiger partial charge is 0.273 e. The lowest BCUT2D eigenvalue weighted by atomic mass is 10.2. The standard InChI is InChI=1S/C23H24N4O4/c1-31-17-6-4-5-16(13-17)25-22(29)14-27-20-8-3-2-7-18(20)26-19(23(27)30)11-12-21(28)24-15-9-10-15/h2-8,13,15H,9-12,14H2,1H3,(H,24,28)(H,25,29). The molecule has 1 fully saturated rings. The molecule has 2 amide bonds. The molecule has 31 heavy (non-hydrogen) atoms. The normalized spacial score (nSPS) is 13.1. The third-order valence-corrected chi connectivity index (χ3v) is 5.11. The molecule has 0 aliphatic heterocycles. The summed E-state index contributed by atoms with van der Waals surface area (Å²) in [6, 6.07) is 14.4. The van der Waals surface area contributed by atoms with Crippen LogP contribution in [0.4, 0.5) is 5.69 Å². The van der Waals surface area contributed by atoms with E-state index in [0.29, 0.717) is 22.5 Å². The lowest BCUT2D eigenvalue weighted by Crippen LogP contribution is -2.32. The summed E-state index contributed by atoms with van der Waals surface area (Å²) in [6.45, 7) is -0.166. The van der Waals surface area contributed by atoms with Crippen molar-refractivity contribution in [1.29, 1.82) is 0 Å². The van der Waals surface area contributed by atoms with Crippen LogP contribution in [0, 0.1) is 0 Å².